The van der Waals surface area contributed by atoms with Crippen molar-refractivity contribution in [2.75, 3.05) is 0 Å². The topological polar surface area (TPSA) is 56.7 Å². The Balaban J connectivity index is 2.03. The molecule has 0 bridgehead atoms. The highest BCUT2D eigenvalue weighted by Crippen LogP contribution is 2.25. The Morgan fingerprint density at radius 3 is 2.43 bits per heavy atom. The van der Waals surface area contributed by atoms with Crippen LogP contribution in [0.2, 0.25) is 0 Å². The third-order valence-electron chi connectivity index (χ3n) is 4.02. The third-order valence-corrected chi connectivity index (χ3v) is 4.02. The predicted molar refractivity (Wildman–Crippen MR) is 88.3 cm³/mol. The van der Waals surface area contributed by atoms with E-state index in [9.17, 15) is 4.39 Å². The Hall–Kier alpha value is -2.53. The Morgan fingerprint density at radius 1 is 1.04 bits per heavy atom. The fraction of sp³-hybridized carbons (Fsp3) is 0.222. The molecule has 1 heterocycles. The molecule has 0 amide bonds. The SMILES string of the molecule is Cc1ccc(-c2c(CN)nnn2Cc2ccc(F)cc2)cc1C. The zero-order valence-electron chi connectivity index (χ0n) is 13.3. The van der Waals surface area contributed by atoms with E-state index >= 15 is 0 Å². The summed E-state index contributed by atoms with van der Waals surface area (Å²) in [5.41, 5.74) is 11.9. The minimum atomic E-state index is -0.246. The Bertz CT molecular complexity index is 822. The second-order valence-corrected chi connectivity index (χ2v) is 5.67. The van der Waals surface area contributed by atoms with E-state index in [1.54, 1.807) is 12.1 Å². The van der Waals surface area contributed by atoms with E-state index in [4.69, 9.17) is 5.73 Å². The first-order valence-electron chi connectivity index (χ1n) is 7.53. The summed E-state index contributed by atoms with van der Waals surface area (Å²) >= 11 is 0. The molecular formula is C18H19FN4. The first-order valence-corrected chi connectivity index (χ1v) is 7.53. The number of nitrogens with zero attached hydrogens (tertiary/aromatic N) is 3. The summed E-state index contributed by atoms with van der Waals surface area (Å²) in [6, 6.07) is 12.7. The van der Waals surface area contributed by atoms with Crippen LogP contribution < -0.4 is 5.73 Å². The lowest BCUT2D eigenvalue weighted by atomic mass is 10.0. The van der Waals surface area contributed by atoms with Gasteiger partial charge >= 0.3 is 0 Å². The zero-order valence-corrected chi connectivity index (χ0v) is 13.3. The van der Waals surface area contributed by atoms with Crippen molar-refractivity contribution in [1.82, 2.24) is 15.0 Å². The van der Waals surface area contributed by atoms with Crippen LogP contribution >= 0.6 is 0 Å². The smallest absolute Gasteiger partial charge is 0.123 e. The van der Waals surface area contributed by atoms with Gasteiger partial charge < -0.3 is 5.73 Å². The number of halogens is 1. The van der Waals surface area contributed by atoms with Crippen molar-refractivity contribution < 1.29 is 4.39 Å². The van der Waals surface area contributed by atoms with E-state index in [0.717, 1.165) is 22.5 Å². The molecule has 3 aromatic rings. The van der Waals surface area contributed by atoms with Gasteiger partial charge in [-0.05, 0) is 48.7 Å². The van der Waals surface area contributed by atoms with Gasteiger partial charge in [-0.3, -0.25) is 0 Å². The van der Waals surface area contributed by atoms with Gasteiger partial charge in [0.05, 0.1) is 12.2 Å². The minimum absolute atomic E-state index is 0.246. The molecule has 0 aliphatic heterocycles. The van der Waals surface area contributed by atoms with Crippen LogP contribution in [-0.4, -0.2) is 15.0 Å². The number of hydrogen-bond acceptors (Lipinski definition) is 3. The van der Waals surface area contributed by atoms with Crippen molar-refractivity contribution in [3.8, 4) is 11.3 Å². The second-order valence-electron chi connectivity index (χ2n) is 5.67. The minimum Gasteiger partial charge on any atom is -0.325 e. The van der Waals surface area contributed by atoms with Gasteiger partial charge in [0.25, 0.3) is 0 Å². The van der Waals surface area contributed by atoms with Crippen LogP contribution in [0.15, 0.2) is 42.5 Å². The molecule has 0 aliphatic carbocycles. The lowest BCUT2D eigenvalue weighted by Gasteiger charge is -2.10. The average molecular weight is 310 g/mol. The van der Waals surface area contributed by atoms with E-state index in [-0.39, 0.29) is 5.82 Å². The molecule has 4 nitrogen and oxygen atoms in total. The molecule has 0 atom stereocenters. The van der Waals surface area contributed by atoms with Gasteiger partial charge in [0.2, 0.25) is 0 Å². The van der Waals surface area contributed by atoms with Crippen LogP contribution in [0.25, 0.3) is 11.3 Å². The average Bonchev–Trinajstić information content (AvgIpc) is 2.95. The molecule has 1 aromatic heterocycles. The first kappa shape index (κ1) is 15.4. The van der Waals surface area contributed by atoms with Gasteiger partial charge in [0, 0.05) is 12.1 Å². The number of aryl methyl sites for hydroxylation is 2. The molecule has 0 fully saturated rings. The summed E-state index contributed by atoms with van der Waals surface area (Å²) in [5, 5.41) is 8.42. The molecule has 0 unspecified atom stereocenters. The lowest BCUT2D eigenvalue weighted by molar-refractivity contribution is 0.622. The Morgan fingerprint density at radius 2 is 1.78 bits per heavy atom. The van der Waals surface area contributed by atoms with E-state index in [0.29, 0.717) is 13.1 Å². The lowest BCUT2D eigenvalue weighted by Crippen LogP contribution is -2.06. The molecule has 0 saturated heterocycles. The highest BCUT2D eigenvalue weighted by Gasteiger charge is 2.14. The largest absolute Gasteiger partial charge is 0.325 e. The van der Waals surface area contributed by atoms with Crippen molar-refractivity contribution in [3.63, 3.8) is 0 Å². The van der Waals surface area contributed by atoms with E-state index in [1.807, 2.05) is 4.68 Å². The summed E-state index contributed by atoms with van der Waals surface area (Å²) in [6.07, 6.45) is 0. The van der Waals surface area contributed by atoms with Gasteiger partial charge in [-0.15, -0.1) is 5.10 Å². The normalized spacial score (nSPS) is 11.0. The van der Waals surface area contributed by atoms with Crippen LogP contribution in [-0.2, 0) is 13.1 Å². The monoisotopic (exact) mass is 310 g/mol. The predicted octanol–water partition coefficient (Wildman–Crippen LogP) is 3.21. The summed E-state index contributed by atoms with van der Waals surface area (Å²) in [7, 11) is 0. The molecule has 0 saturated carbocycles. The number of aromatic nitrogens is 3. The van der Waals surface area contributed by atoms with E-state index in [1.165, 1.54) is 23.3 Å². The van der Waals surface area contributed by atoms with E-state index < -0.39 is 0 Å². The van der Waals surface area contributed by atoms with Gasteiger partial charge in [-0.25, -0.2) is 9.07 Å². The van der Waals surface area contributed by atoms with E-state index in [2.05, 4.69) is 42.4 Å². The highest BCUT2D eigenvalue weighted by molar-refractivity contribution is 5.63. The molecular weight excluding hydrogens is 291 g/mol. The first-order chi connectivity index (χ1) is 11.1. The molecule has 0 spiro atoms. The van der Waals surface area contributed by atoms with Crippen molar-refractivity contribution in [2.45, 2.75) is 26.9 Å². The van der Waals surface area contributed by atoms with Crippen molar-refractivity contribution in [1.29, 1.82) is 0 Å². The maximum absolute atomic E-state index is 13.1. The molecule has 0 radical (unpaired) electrons. The maximum Gasteiger partial charge on any atom is 0.123 e. The van der Waals surface area contributed by atoms with Crippen molar-refractivity contribution in [3.05, 3.63) is 70.7 Å². The molecule has 2 N–H and O–H groups in total. The molecule has 0 aliphatic rings. The second kappa shape index (κ2) is 6.30. The summed E-state index contributed by atoms with van der Waals surface area (Å²) in [4.78, 5) is 0. The molecule has 3 rings (SSSR count). The standard InChI is InChI=1S/C18H19FN4/c1-12-3-6-15(9-13(12)2)18-17(10-20)21-22-23(18)11-14-4-7-16(19)8-5-14/h3-9H,10-11,20H2,1-2H3. The highest BCUT2D eigenvalue weighted by atomic mass is 19.1. The molecule has 118 valence electrons. The van der Waals surface area contributed by atoms with Gasteiger partial charge in [0.15, 0.2) is 0 Å². The third kappa shape index (κ3) is 3.14. The van der Waals surface area contributed by atoms with Crippen LogP contribution in [0, 0.1) is 19.7 Å². The van der Waals surface area contributed by atoms with Gasteiger partial charge in [0.1, 0.15) is 11.5 Å². The fourth-order valence-corrected chi connectivity index (χ4v) is 2.56. The van der Waals surface area contributed by atoms with Crippen molar-refractivity contribution >= 4 is 0 Å². The molecule has 5 heteroatoms. The fourth-order valence-electron chi connectivity index (χ4n) is 2.56. The summed E-state index contributed by atoms with van der Waals surface area (Å²) < 4.78 is 14.9. The van der Waals surface area contributed by atoms with Crippen molar-refractivity contribution in [2.24, 2.45) is 5.73 Å². The van der Waals surface area contributed by atoms with Crippen LogP contribution in [0.1, 0.15) is 22.4 Å². The number of nitrogens with two attached hydrogens (primary N) is 1. The Labute approximate surface area is 134 Å². The van der Waals surface area contributed by atoms with Crippen LogP contribution in [0.3, 0.4) is 0 Å². The van der Waals surface area contributed by atoms with Crippen LogP contribution in [0.5, 0.6) is 0 Å². The number of benzene rings is 2. The number of rotatable bonds is 4. The Kier molecular flexibility index (Phi) is 4.21. The summed E-state index contributed by atoms with van der Waals surface area (Å²) in [6.45, 7) is 5.01. The van der Waals surface area contributed by atoms with Crippen LogP contribution in [0.4, 0.5) is 4.39 Å². The number of hydrogen-bond donors (Lipinski definition) is 1. The van der Waals surface area contributed by atoms with Gasteiger partial charge in [-0.1, -0.05) is 29.5 Å². The molecule has 23 heavy (non-hydrogen) atoms. The molecule has 2 aromatic carbocycles. The van der Waals surface area contributed by atoms with Gasteiger partial charge in [-0.2, -0.15) is 0 Å². The summed E-state index contributed by atoms with van der Waals surface area (Å²) in [5.74, 6) is -0.246. The maximum atomic E-state index is 13.1. The zero-order chi connectivity index (χ0) is 16.4. The quantitative estimate of drug-likeness (QED) is 0.805.